The van der Waals surface area contributed by atoms with E-state index in [2.05, 4.69) is 0 Å². The lowest BCUT2D eigenvalue weighted by Crippen LogP contribution is -2.26. The van der Waals surface area contributed by atoms with Crippen LogP contribution in [0.3, 0.4) is 0 Å². The van der Waals surface area contributed by atoms with Crippen LogP contribution in [0.2, 0.25) is 0 Å². The Bertz CT molecular complexity index is 402. The van der Waals surface area contributed by atoms with Gasteiger partial charge in [0.05, 0.1) is 7.85 Å². The first-order chi connectivity index (χ1) is 10.2. The van der Waals surface area contributed by atoms with Gasteiger partial charge in [-0.1, -0.05) is 61.8 Å². The van der Waals surface area contributed by atoms with Crippen molar-refractivity contribution < 1.29 is 22.0 Å². The van der Waals surface area contributed by atoms with Gasteiger partial charge in [0.2, 0.25) is 5.82 Å². The minimum Gasteiger partial charge on any atom is -0.203 e. The van der Waals surface area contributed by atoms with Crippen LogP contribution < -0.4 is 0 Å². The van der Waals surface area contributed by atoms with Crippen molar-refractivity contribution in [1.82, 2.24) is 0 Å². The molecule has 0 N–H and O–H groups in total. The Labute approximate surface area is 132 Å². The Balaban J connectivity index is -0.000000535. The standard InChI is InChI=1S/C10H8BF5.3C2H6/c1-3-10(2,11)4-5(12)7(14)9(16)8(15)6(4)13;3*1-2/h3H2,1-2H3;3*1-2H3. The van der Waals surface area contributed by atoms with Crippen LogP contribution in [0.25, 0.3) is 0 Å². The molecule has 1 rings (SSSR count). The Hall–Kier alpha value is -1.07. The Morgan fingerprint density at radius 1 is 0.682 bits per heavy atom. The summed E-state index contributed by atoms with van der Waals surface area (Å²) in [6.45, 7) is 14.7. The maximum atomic E-state index is 13.3. The minimum atomic E-state index is -2.18. The second-order valence-electron chi connectivity index (χ2n) is 3.72. The second-order valence-corrected chi connectivity index (χ2v) is 3.72. The first-order valence-corrected chi connectivity index (χ1v) is 7.54. The molecule has 0 aliphatic carbocycles. The molecule has 0 aromatic heterocycles. The summed E-state index contributed by atoms with van der Waals surface area (Å²) in [5.74, 6) is -9.87. The highest BCUT2D eigenvalue weighted by atomic mass is 19.2. The van der Waals surface area contributed by atoms with Gasteiger partial charge in [0.15, 0.2) is 23.3 Å². The zero-order valence-electron chi connectivity index (χ0n) is 14.7. The molecule has 0 saturated heterocycles. The van der Waals surface area contributed by atoms with Crippen LogP contribution in [-0.2, 0) is 5.31 Å². The van der Waals surface area contributed by atoms with E-state index in [-0.39, 0.29) is 6.42 Å². The monoisotopic (exact) mass is 324 g/mol. The number of rotatable bonds is 2. The fourth-order valence-corrected chi connectivity index (χ4v) is 1.28. The molecule has 0 bridgehead atoms. The van der Waals surface area contributed by atoms with Crippen LogP contribution in [-0.4, -0.2) is 7.85 Å². The van der Waals surface area contributed by atoms with Gasteiger partial charge in [-0.3, -0.25) is 0 Å². The number of benzene rings is 1. The molecule has 2 radical (unpaired) electrons. The van der Waals surface area contributed by atoms with E-state index in [4.69, 9.17) is 7.85 Å². The fraction of sp³-hybridized carbons (Fsp3) is 0.625. The van der Waals surface area contributed by atoms with Crippen LogP contribution in [0.5, 0.6) is 0 Å². The number of hydrogen-bond donors (Lipinski definition) is 0. The van der Waals surface area contributed by atoms with E-state index < -0.39 is 40.0 Å². The summed E-state index contributed by atoms with van der Waals surface area (Å²) in [4.78, 5) is 0. The summed E-state index contributed by atoms with van der Waals surface area (Å²) < 4.78 is 65.0. The molecule has 0 fully saturated rings. The predicted molar refractivity (Wildman–Crippen MR) is 83.7 cm³/mol. The second kappa shape index (κ2) is 12.5. The van der Waals surface area contributed by atoms with Crippen LogP contribution in [0, 0.1) is 29.1 Å². The van der Waals surface area contributed by atoms with Gasteiger partial charge in [-0.05, 0) is 5.31 Å². The fourth-order valence-electron chi connectivity index (χ4n) is 1.28. The van der Waals surface area contributed by atoms with E-state index in [1.807, 2.05) is 41.5 Å². The average molecular weight is 324 g/mol. The van der Waals surface area contributed by atoms with E-state index >= 15 is 0 Å². The topological polar surface area (TPSA) is 0 Å². The Morgan fingerprint density at radius 2 is 0.909 bits per heavy atom. The van der Waals surface area contributed by atoms with Crippen LogP contribution in [0.4, 0.5) is 22.0 Å². The van der Waals surface area contributed by atoms with Gasteiger partial charge in [-0.2, -0.15) is 0 Å². The van der Waals surface area contributed by atoms with E-state index in [0.717, 1.165) is 0 Å². The first kappa shape index (κ1) is 25.9. The van der Waals surface area contributed by atoms with Crippen molar-refractivity contribution in [3.8, 4) is 0 Å². The molecule has 0 aliphatic heterocycles. The molecule has 0 aliphatic rings. The van der Waals surface area contributed by atoms with Gasteiger partial charge in [0.1, 0.15) is 0 Å². The van der Waals surface area contributed by atoms with Crippen molar-refractivity contribution in [1.29, 1.82) is 0 Å². The van der Waals surface area contributed by atoms with Gasteiger partial charge < -0.3 is 0 Å². The Kier molecular flexibility index (Phi) is 14.7. The highest BCUT2D eigenvalue weighted by molar-refractivity contribution is 6.15. The van der Waals surface area contributed by atoms with Gasteiger partial charge in [-0.15, -0.1) is 0 Å². The first-order valence-electron chi connectivity index (χ1n) is 7.54. The molecule has 1 aromatic rings. The predicted octanol–water partition coefficient (Wildman–Crippen LogP) is 6.25. The lowest BCUT2D eigenvalue weighted by molar-refractivity contribution is 0.359. The molecule has 0 nitrogen and oxygen atoms in total. The molecular formula is C16H26BF5. The molecule has 0 amide bonds. The molecule has 0 heterocycles. The van der Waals surface area contributed by atoms with Crippen molar-refractivity contribution in [2.75, 3.05) is 0 Å². The molecule has 1 atom stereocenters. The zero-order chi connectivity index (χ0) is 18.7. The van der Waals surface area contributed by atoms with Crippen molar-refractivity contribution in [2.24, 2.45) is 0 Å². The van der Waals surface area contributed by atoms with Crippen molar-refractivity contribution in [3.05, 3.63) is 34.6 Å². The van der Waals surface area contributed by atoms with Gasteiger partial charge >= 0.3 is 0 Å². The highest BCUT2D eigenvalue weighted by Gasteiger charge is 2.33. The molecular weight excluding hydrogens is 298 g/mol. The van der Waals surface area contributed by atoms with Crippen LogP contribution >= 0.6 is 0 Å². The smallest absolute Gasteiger partial charge is 0.200 e. The van der Waals surface area contributed by atoms with Crippen molar-refractivity contribution in [2.45, 2.75) is 67.1 Å². The summed E-state index contributed by atoms with van der Waals surface area (Å²) in [5.41, 5.74) is -0.980. The molecule has 22 heavy (non-hydrogen) atoms. The zero-order valence-corrected chi connectivity index (χ0v) is 14.7. The third-order valence-electron chi connectivity index (χ3n) is 2.52. The summed E-state index contributed by atoms with van der Waals surface area (Å²) in [7, 11) is 5.49. The summed E-state index contributed by atoms with van der Waals surface area (Å²) in [6.07, 6.45) is 0.0331. The van der Waals surface area contributed by atoms with Crippen LogP contribution in [0.1, 0.15) is 67.4 Å². The SMILES string of the molecule is CC.CC.CC.[B]C(C)(CC)c1c(F)c(F)c(F)c(F)c1F. The number of hydrogen-bond acceptors (Lipinski definition) is 0. The lowest BCUT2D eigenvalue weighted by atomic mass is 9.63. The maximum absolute atomic E-state index is 13.3. The number of halogens is 5. The maximum Gasteiger partial charge on any atom is 0.200 e. The summed E-state index contributed by atoms with van der Waals surface area (Å²) in [6, 6.07) is 0. The largest absolute Gasteiger partial charge is 0.203 e. The van der Waals surface area contributed by atoms with Crippen molar-refractivity contribution >= 4 is 7.85 Å². The van der Waals surface area contributed by atoms with E-state index in [1.54, 1.807) is 0 Å². The van der Waals surface area contributed by atoms with E-state index in [1.165, 1.54) is 13.8 Å². The van der Waals surface area contributed by atoms with Gasteiger partial charge in [0.25, 0.3) is 0 Å². The quantitative estimate of drug-likeness (QED) is 0.261. The molecule has 1 aromatic carbocycles. The average Bonchev–Trinajstić information content (AvgIpc) is 2.56. The molecule has 1 unspecified atom stereocenters. The molecule has 0 saturated carbocycles. The molecule has 0 spiro atoms. The highest BCUT2D eigenvalue weighted by Crippen LogP contribution is 2.32. The van der Waals surface area contributed by atoms with Gasteiger partial charge in [0, 0.05) is 5.56 Å². The third-order valence-corrected chi connectivity index (χ3v) is 2.52. The minimum absolute atomic E-state index is 0.0331. The van der Waals surface area contributed by atoms with Gasteiger partial charge in [-0.25, -0.2) is 22.0 Å². The normalized spacial score (nSPS) is 11.7. The summed E-state index contributed by atoms with van der Waals surface area (Å²) >= 11 is 0. The van der Waals surface area contributed by atoms with E-state index in [9.17, 15) is 22.0 Å². The summed E-state index contributed by atoms with van der Waals surface area (Å²) in [5, 5.41) is -1.61. The van der Waals surface area contributed by atoms with Crippen molar-refractivity contribution in [3.63, 3.8) is 0 Å². The lowest BCUT2D eigenvalue weighted by Gasteiger charge is -2.25. The molecule has 128 valence electrons. The van der Waals surface area contributed by atoms with E-state index in [0.29, 0.717) is 0 Å². The Morgan fingerprint density at radius 3 is 1.14 bits per heavy atom. The third kappa shape index (κ3) is 5.97. The molecule has 6 heteroatoms. The van der Waals surface area contributed by atoms with Crippen LogP contribution in [0.15, 0.2) is 0 Å².